The van der Waals surface area contributed by atoms with Crippen LogP contribution in [-0.2, 0) is 14.3 Å². The summed E-state index contributed by atoms with van der Waals surface area (Å²) in [6.07, 6.45) is 9.19. The minimum absolute atomic E-state index is 0.0288. The zero-order valence-corrected chi connectivity index (χ0v) is 10.2. The van der Waals surface area contributed by atoms with Crippen molar-refractivity contribution in [2.24, 2.45) is 11.3 Å². The highest BCUT2D eigenvalue weighted by atomic mass is 16.6. The summed E-state index contributed by atoms with van der Waals surface area (Å²) in [6, 6.07) is 0. The predicted molar refractivity (Wildman–Crippen MR) is 62.3 cm³/mol. The molecule has 2 atom stereocenters. The lowest BCUT2D eigenvalue weighted by Gasteiger charge is -2.29. The van der Waals surface area contributed by atoms with Crippen molar-refractivity contribution in [1.29, 1.82) is 0 Å². The van der Waals surface area contributed by atoms with Crippen molar-refractivity contribution in [3.63, 3.8) is 0 Å². The maximum atomic E-state index is 12.3. The second kappa shape index (κ2) is 3.44. The van der Waals surface area contributed by atoms with E-state index in [4.69, 9.17) is 4.74 Å². The number of carbonyl (C=O) groups excluding carboxylic acids is 2. The molecule has 0 aromatic heterocycles. The molecule has 3 aliphatic carbocycles. The number of allylic oxidation sites excluding steroid dienone is 1. The lowest BCUT2D eigenvalue weighted by molar-refractivity contribution is -0.168. The van der Waals surface area contributed by atoms with Crippen molar-refractivity contribution in [2.45, 2.75) is 51.0 Å². The highest BCUT2D eigenvalue weighted by molar-refractivity contribution is 6.11. The maximum Gasteiger partial charge on any atom is 0.324 e. The second-order valence-electron chi connectivity index (χ2n) is 5.89. The number of ketones is 1. The predicted octanol–water partition coefficient (Wildman–Crippen LogP) is 2.40. The van der Waals surface area contributed by atoms with E-state index in [2.05, 4.69) is 0 Å². The summed E-state index contributed by atoms with van der Waals surface area (Å²) in [5.41, 5.74) is -1.25. The molecule has 2 saturated carbocycles. The molecule has 0 aliphatic heterocycles. The molecule has 0 saturated heterocycles. The molecular weight excluding hydrogens is 216 g/mol. The van der Waals surface area contributed by atoms with E-state index < -0.39 is 5.41 Å². The maximum absolute atomic E-state index is 12.3. The zero-order valence-electron chi connectivity index (χ0n) is 10.2. The molecule has 3 nitrogen and oxygen atoms in total. The summed E-state index contributed by atoms with van der Waals surface area (Å²) >= 11 is 0. The lowest BCUT2D eigenvalue weighted by atomic mass is 9.87. The van der Waals surface area contributed by atoms with Crippen LogP contribution in [-0.4, -0.2) is 17.4 Å². The number of esters is 1. The van der Waals surface area contributed by atoms with Crippen molar-refractivity contribution in [1.82, 2.24) is 0 Å². The van der Waals surface area contributed by atoms with Crippen LogP contribution >= 0.6 is 0 Å². The van der Waals surface area contributed by atoms with Crippen molar-refractivity contribution in [2.75, 3.05) is 0 Å². The molecule has 0 aromatic carbocycles. The number of carbonyl (C=O) groups is 2. The fourth-order valence-corrected chi connectivity index (χ4v) is 3.41. The van der Waals surface area contributed by atoms with E-state index in [1.165, 1.54) is 0 Å². The lowest BCUT2D eigenvalue weighted by Crippen LogP contribution is -2.39. The first-order valence-corrected chi connectivity index (χ1v) is 6.53. The Balaban J connectivity index is 1.79. The third-order valence-electron chi connectivity index (χ3n) is 4.60. The van der Waals surface area contributed by atoms with Crippen LogP contribution in [0.1, 0.15) is 45.4 Å². The van der Waals surface area contributed by atoms with Gasteiger partial charge in [0.2, 0.25) is 0 Å². The van der Waals surface area contributed by atoms with Crippen LogP contribution < -0.4 is 0 Å². The van der Waals surface area contributed by atoms with E-state index in [1.54, 1.807) is 6.08 Å². The fraction of sp³-hybridized carbons (Fsp3) is 0.714. The Bertz CT molecular complexity index is 404. The number of hydrogen-bond donors (Lipinski definition) is 0. The summed E-state index contributed by atoms with van der Waals surface area (Å²) in [7, 11) is 0. The molecule has 2 fully saturated rings. The van der Waals surface area contributed by atoms with Gasteiger partial charge in [-0.2, -0.15) is 0 Å². The van der Waals surface area contributed by atoms with Crippen molar-refractivity contribution >= 4 is 11.8 Å². The first-order chi connectivity index (χ1) is 8.06. The Morgan fingerprint density at radius 3 is 2.53 bits per heavy atom. The molecular formula is C14H18O3. The van der Waals surface area contributed by atoms with Gasteiger partial charge in [0.1, 0.15) is 11.0 Å². The second-order valence-corrected chi connectivity index (χ2v) is 5.89. The summed E-state index contributed by atoms with van der Waals surface area (Å²) < 4.78 is 5.66. The average molecular weight is 234 g/mol. The highest BCUT2D eigenvalue weighted by Crippen LogP contribution is 2.48. The molecule has 0 amide bonds. The van der Waals surface area contributed by atoms with Crippen LogP contribution in [0, 0.1) is 11.3 Å². The summed E-state index contributed by atoms with van der Waals surface area (Å²) in [4.78, 5) is 24.3. The smallest absolute Gasteiger partial charge is 0.324 e. The van der Waals surface area contributed by atoms with Gasteiger partial charge in [-0.25, -0.2) is 0 Å². The van der Waals surface area contributed by atoms with E-state index in [9.17, 15) is 9.59 Å². The van der Waals surface area contributed by atoms with Gasteiger partial charge in [-0.15, -0.1) is 0 Å². The van der Waals surface area contributed by atoms with E-state index in [0.717, 1.165) is 32.1 Å². The van der Waals surface area contributed by atoms with Crippen LogP contribution in [0.15, 0.2) is 12.2 Å². The van der Waals surface area contributed by atoms with E-state index in [1.807, 2.05) is 13.0 Å². The average Bonchev–Trinajstić information content (AvgIpc) is 2.95. The normalized spacial score (nSPS) is 37.7. The van der Waals surface area contributed by atoms with Crippen molar-refractivity contribution < 1.29 is 14.3 Å². The van der Waals surface area contributed by atoms with Gasteiger partial charge in [0.05, 0.1) is 0 Å². The largest absolute Gasteiger partial charge is 0.458 e. The number of fused-ring (bicyclic) bond motifs is 2. The van der Waals surface area contributed by atoms with Crippen molar-refractivity contribution in [3.05, 3.63) is 12.2 Å². The molecule has 3 rings (SSSR count). The summed E-state index contributed by atoms with van der Waals surface area (Å²) in [5, 5.41) is 0. The molecule has 17 heavy (non-hydrogen) atoms. The fourth-order valence-electron chi connectivity index (χ4n) is 3.41. The van der Waals surface area contributed by atoms with E-state index in [0.29, 0.717) is 6.42 Å². The number of ether oxygens (including phenoxy) is 1. The van der Waals surface area contributed by atoms with E-state index in [-0.39, 0.29) is 23.3 Å². The number of Topliss-reactive ketones (excluding diaryl/α,β-unsaturated/α-hetero) is 1. The Labute approximate surface area is 101 Å². The Morgan fingerprint density at radius 1 is 1.35 bits per heavy atom. The van der Waals surface area contributed by atoms with Gasteiger partial charge in [0.15, 0.2) is 5.78 Å². The summed E-state index contributed by atoms with van der Waals surface area (Å²) in [5.74, 6) is -0.272. The van der Waals surface area contributed by atoms with E-state index >= 15 is 0 Å². The number of hydrogen-bond acceptors (Lipinski definition) is 3. The first kappa shape index (κ1) is 11.0. The first-order valence-electron chi connectivity index (χ1n) is 6.53. The van der Waals surface area contributed by atoms with Crippen LogP contribution in [0.3, 0.4) is 0 Å². The van der Waals surface area contributed by atoms with Crippen molar-refractivity contribution in [3.8, 4) is 0 Å². The van der Waals surface area contributed by atoms with Crippen LogP contribution in [0.2, 0.25) is 0 Å². The quantitative estimate of drug-likeness (QED) is 0.418. The third kappa shape index (κ3) is 1.48. The Hall–Kier alpha value is -1.12. The van der Waals surface area contributed by atoms with Gasteiger partial charge in [0.25, 0.3) is 0 Å². The molecule has 0 aromatic rings. The molecule has 92 valence electrons. The minimum atomic E-state index is -0.920. The molecule has 0 radical (unpaired) electrons. The molecule has 2 bridgehead atoms. The van der Waals surface area contributed by atoms with Gasteiger partial charge in [-0.1, -0.05) is 12.2 Å². The Kier molecular flexibility index (Phi) is 2.22. The molecule has 2 unspecified atom stereocenters. The molecule has 0 spiro atoms. The van der Waals surface area contributed by atoms with Gasteiger partial charge >= 0.3 is 5.97 Å². The van der Waals surface area contributed by atoms with Gasteiger partial charge in [-0.05, 0) is 45.4 Å². The van der Waals surface area contributed by atoms with Gasteiger partial charge in [-0.3, -0.25) is 9.59 Å². The molecule has 3 aliphatic rings. The summed E-state index contributed by atoms with van der Waals surface area (Å²) in [6.45, 7) is 1.99. The third-order valence-corrected chi connectivity index (χ3v) is 4.60. The van der Waals surface area contributed by atoms with Gasteiger partial charge < -0.3 is 4.74 Å². The molecule has 0 N–H and O–H groups in total. The molecule has 3 heteroatoms. The van der Waals surface area contributed by atoms with Crippen LogP contribution in [0.4, 0.5) is 0 Å². The highest BCUT2D eigenvalue weighted by Gasteiger charge is 2.56. The standard InChI is InChI=1S/C14H18O3/c1-13(6-2-3-7-13)17-12(16)14-8-4-10(5-9-14)11(14)15/h4,8,10H,2-3,5-7,9H2,1H3. The Morgan fingerprint density at radius 2 is 2.06 bits per heavy atom. The SMILES string of the molecule is CC1(OC(=O)C23C=CC(CC2)C3=O)CCCC1. The molecule has 0 heterocycles. The van der Waals surface area contributed by atoms with Crippen LogP contribution in [0.25, 0.3) is 0 Å². The number of rotatable bonds is 2. The topological polar surface area (TPSA) is 43.4 Å². The minimum Gasteiger partial charge on any atom is -0.458 e. The van der Waals surface area contributed by atoms with Crippen LogP contribution in [0.5, 0.6) is 0 Å². The zero-order chi connectivity index (χ0) is 12.1. The monoisotopic (exact) mass is 234 g/mol. The van der Waals surface area contributed by atoms with Gasteiger partial charge in [0, 0.05) is 5.92 Å².